The highest BCUT2D eigenvalue weighted by atomic mass is 32.2. The van der Waals surface area contributed by atoms with E-state index in [1.807, 2.05) is 0 Å². The van der Waals surface area contributed by atoms with Gasteiger partial charge in [-0.3, -0.25) is 9.00 Å². The number of halogens is 1. The van der Waals surface area contributed by atoms with Crippen molar-refractivity contribution in [1.29, 1.82) is 0 Å². The second-order valence-electron chi connectivity index (χ2n) is 5.88. The van der Waals surface area contributed by atoms with Crippen LogP contribution in [0.1, 0.15) is 42.5 Å². The van der Waals surface area contributed by atoms with Crippen LogP contribution in [0.3, 0.4) is 0 Å². The van der Waals surface area contributed by atoms with E-state index in [0.717, 1.165) is 19.3 Å². The molecule has 5 heteroatoms. The van der Waals surface area contributed by atoms with Crippen molar-refractivity contribution >= 4 is 16.6 Å². The molecule has 0 amide bonds. The third kappa shape index (κ3) is 2.76. The van der Waals surface area contributed by atoms with Crippen molar-refractivity contribution in [3.8, 4) is 5.75 Å². The molecule has 114 valence electrons. The fraction of sp³-hybridized carbons (Fsp3) is 0.562. The summed E-state index contributed by atoms with van der Waals surface area (Å²) in [7, 11) is 0.660. The van der Waals surface area contributed by atoms with Crippen molar-refractivity contribution in [2.24, 2.45) is 5.92 Å². The summed E-state index contributed by atoms with van der Waals surface area (Å²) in [6, 6.07) is 4.35. The molecule has 3 rings (SSSR count). The predicted octanol–water partition coefficient (Wildman–Crippen LogP) is 3.10. The minimum atomic E-state index is -0.806. The van der Waals surface area contributed by atoms with Gasteiger partial charge in [0.1, 0.15) is 11.6 Å². The van der Waals surface area contributed by atoms with Crippen molar-refractivity contribution in [3.05, 3.63) is 29.6 Å². The summed E-state index contributed by atoms with van der Waals surface area (Å²) >= 11 is 0. The average Bonchev–Trinajstić information content (AvgIpc) is 2.46. The number of ketones is 1. The van der Waals surface area contributed by atoms with E-state index in [4.69, 9.17) is 4.74 Å². The summed E-state index contributed by atoms with van der Waals surface area (Å²) in [5.74, 6) is -0.466. The van der Waals surface area contributed by atoms with Gasteiger partial charge >= 0.3 is 0 Å². The minimum absolute atomic E-state index is 0.118. The van der Waals surface area contributed by atoms with E-state index >= 15 is 0 Å². The Morgan fingerprint density at radius 3 is 2.52 bits per heavy atom. The van der Waals surface area contributed by atoms with Crippen LogP contribution in [-0.2, 0) is 10.8 Å². The highest BCUT2D eigenvalue weighted by molar-refractivity contribution is 7.86. The molecular formula is C16H19FO3S. The van der Waals surface area contributed by atoms with Gasteiger partial charge in [0, 0.05) is 33.3 Å². The molecule has 0 N–H and O–H groups in total. The highest BCUT2D eigenvalue weighted by Crippen LogP contribution is 2.38. The van der Waals surface area contributed by atoms with Gasteiger partial charge in [0.15, 0.2) is 5.78 Å². The van der Waals surface area contributed by atoms with Gasteiger partial charge in [-0.15, -0.1) is 0 Å². The van der Waals surface area contributed by atoms with Crippen LogP contribution in [0.15, 0.2) is 18.2 Å². The predicted molar refractivity (Wildman–Crippen MR) is 79.6 cm³/mol. The largest absolute Gasteiger partial charge is 0.497 e. The van der Waals surface area contributed by atoms with Gasteiger partial charge in [-0.05, 0) is 37.8 Å². The Morgan fingerprint density at radius 1 is 1.29 bits per heavy atom. The summed E-state index contributed by atoms with van der Waals surface area (Å²) in [5, 5.41) is 0.237. The second-order valence-corrected chi connectivity index (χ2v) is 7.87. The zero-order valence-corrected chi connectivity index (χ0v) is 12.8. The minimum Gasteiger partial charge on any atom is -0.497 e. The molecule has 2 fully saturated rings. The Morgan fingerprint density at radius 2 is 1.95 bits per heavy atom. The molecule has 2 atom stereocenters. The van der Waals surface area contributed by atoms with Crippen LogP contribution in [0.5, 0.6) is 5.75 Å². The maximum absolute atomic E-state index is 14.0. The van der Waals surface area contributed by atoms with E-state index in [9.17, 15) is 13.4 Å². The van der Waals surface area contributed by atoms with Gasteiger partial charge in [-0.1, -0.05) is 6.42 Å². The zero-order chi connectivity index (χ0) is 15.0. The van der Waals surface area contributed by atoms with E-state index in [0.29, 0.717) is 18.6 Å². The van der Waals surface area contributed by atoms with E-state index in [1.54, 1.807) is 6.07 Å². The number of hydrogen-bond donors (Lipinski definition) is 0. The quantitative estimate of drug-likeness (QED) is 0.806. The zero-order valence-electron chi connectivity index (χ0n) is 12.0. The number of methoxy groups -OCH3 is 1. The number of rotatable bonds is 3. The summed E-state index contributed by atoms with van der Waals surface area (Å²) in [6.45, 7) is 0. The first-order valence-electron chi connectivity index (χ1n) is 7.37. The van der Waals surface area contributed by atoms with Crippen molar-refractivity contribution < 1.29 is 18.1 Å². The van der Waals surface area contributed by atoms with Crippen LogP contribution in [0.4, 0.5) is 4.39 Å². The highest BCUT2D eigenvalue weighted by Gasteiger charge is 2.40. The van der Waals surface area contributed by atoms with Crippen molar-refractivity contribution in [2.75, 3.05) is 7.11 Å². The molecule has 2 aliphatic rings. The number of carbonyl (C=O) groups excluding carboxylic acids is 1. The van der Waals surface area contributed by atoms with Gasteiger partial charge in [0.25, 0.3) is 0 Å². The van der Waals surface area contributed by atoms with E-state index in [2.05, 4.69) is 0 Å². The molecular weight excluding hydrogens is 291 g/mol. The third-order valence-corrected chi connectivity index (χ3v) is 6.79. The number of carbonyl (C=O) groups is 1. The molecule has 2 aliphatic heterocycles. The molecule has 0 saturated carbocycles. The van der Waals surface area contributed by atoms with Gasteiger partial charge in [-0.2, -0.15) is 0 Å². The van der Waals surface area contributed by atoms with Crippen LogP contribution in [0, 0.1) is 11.7 Å². The molecule has 0 aliphatic carbocycles. The Labute approximate surface area is 126 Å². The molecule has 2 saturated heterocycles. The molecule has 0 aromatic heterocycles. The molecule has 21 heavy (non-hydrogen) atoms. The third-order valence-electron chi connectivity index (χ3n) is 4.62. The second kappa shape index (κ2) is 5.87. The average molecular weight is 310 g/mol. The monoisotopic (exact) mass is 310 g/mol. The molecule has 1 aromatic rings. The number of hydrogen-bond acceptors (Lipinski definition) is 3. The van der Waals surface area contributed by atoms with Gasteiger partial charge in [-0.25, -0.2) is 4.39 Å². The van der Waals surface area contributed by atoms with Crippen molar-refractivity contribution in [1.82, 2.24) is 0 Å². The Kier molecular flexibility index (Phi) is 4.11. The number of ether oxygens (including phenoxy) is 1. The molecule has 2 unspecified atom stereocenters. The standard InChI is InChI=1S/C16H19FO3S/c1-20-11-5-6-14(15(17)9-11)16(18)10-7-12-3-2-4-13(8-10)21(12)19/h5-6,9-10,12-13H,2-4,7-8H2,1H3. The van der Waals surface area contributed by atoms with E-state index in [1.165, 1.54) is 19.2 Å². The van der Waals surface area contributed by atoms with Crippen LogP contribution in [-0.4, -0.2) is 27.6 Å². The lowest BCUT2D eigenvalue weighted by Gasteiger charge is -2.37. The van der Waals surface area contributed by atoms with Crippen molar-refractivity contribution in [3.63, 3.8) is 0 Å². The lowest BCUT2D eigenvalue weighted by molar-refractivity contribution is 0.0891. The van der Waals surface area contributed by atoms with Gasteiger partial charge in [0.2, 0.25) is 0 Å². The summed E-state index contributed by atoms with van der Waals surface area (Å²) in [4.78, 5) is 12.6. The summed E-state index contributed by atoms with van der Waals surface area (Å²) < 4.78 is 31.2. The lowest BCUT2D eigenvalue weighted by atomic mass is 9.84. The van der Waals surface area contributed by atoms with Crippen LogP contribution >= 0.6 is 0 Å². The normalized spacial score (nSPS) is 31.7. The fourth-order valence-electron chi connectivity index (χ4n) is 3.49. The van der Waals surface area contributed by atoms with Crippen molar-refractivity contribution in [2.45, 2.75) is 42.6 Å². The molecule has 0 spiro atoms. The van der Waals surface area contributed by atoms with Gasteiger partial charge in [0.05, 0.1) is 12.7 Å². The SMILES string of the molecule is COc1ccc(C(=O)C2CC3CCCC(C2)S3=O)c(F)c1. The van der Waals surface area contributed by atoms with E-state index in [-0.39, 0.29) is 27.8 Å². The molecule has 2 heterocycles. The lowest BCUT2D eigenvalue weighted by Crippen LogP contribution is -2.41. The van der Waals surface area contributed by atoms with Crippen LogP contribution in [0.25, 0.3) is 0 Å². The Bertz CT molecular complexity index is 571. The first kappa shape index (κ1) is 14.7. The maximum Gasteiger partial charge on any atom is 0.168 e. The molecule has 2 bridgehead atoms. The fourth-order valence-corrected chi connectivity index (χ4v) is 5.68. The molecule has 0 radical (unpaired) electrons. The number of benzene rings is 1. The molecule has 1 aromatic carbocycles. The Hall–Kier alpha value is -1.23. The van der Waals surface area contributed by atoms with Crippen LogP contribution in [0.2, 0.25) is 0 Å². The summed E-state index contributed by atoms with van der Waals surface area (Å²) in [5.41, 5.74) is 0.131. The smallest absolute Gasteiger partial charge is 0.168 e. The van der Waals surface area contributed by atoms with E-state index < -0.39 is 16.6 Å². The number of Topliss-reactive ketones (excluding diaryl/α,β-unsaturated/α-hetero) is 1. The number of fused-ring (bicyclic) bond motifs is 2. The maximum atomic E-state index is 14.0. The first-order chi connectivity index (χ1) is 10.1. The first-order valence-corrected chi connectivity index (χ1v) is 8.65. The topological polar surface area (TPSA) is 43.4 Å². The molecule has 3 nitrogen and oxygen atoms in total. The van der Waals surface area contributed by atoms with Crippen LogP contribution < -0.4 is 4.74 Å². The Balaban J connectivity index is 1.81. The summed E-state index contributed by atoms with van der Waals surface area (Å²) in [6.07, 6.45) is 4.22. The van der Waals surface area contributed by atoms with Gasteiger partial charge < -0.3 is 4.74 Å².